The molecule has 0 aromatic heterocycles. The van der Waals surface area contributed by atoms with E-state index in [0.717, 1.165) is 6.42 Å². The number of hydrogen-bond donors (Lipinski definition) is 1. The Bertz CT molecular complexity index is 784. The predicted molar refractivity (Wildman–Crippen MR) is 89.5 cm³/mol. The maximum atomic E-state index is 12.8. The number of alkyl halides is 1. The molecule has 132 valence electrons. The molecular weight excluding hydrogens is 396 g/mol. The van der Waals surface area contributed by atoms with E-state index in [9.17, 15) is 19.7 Å². The molecule has 3 aliphatic rings. The summed E-state index contributed by atoms with van der Waals surface area (Å²) in [6, 6.07) is 4.23. The Balaban J connectivity index is 1.61. The molecule has 2 aliphatic carbocycles. The molecule has 1 N–H and O–H groups in total. The number of amides is 1. The number of carbonyl (C=O) groups is 2. The maximum Gasteiger partial charge on any atom is 0.310 e. The van der Waals surface area contributed by atoms with E-state index < -0.39 is 16.8 Å². The van der Waals surface area contributed by atoms with E-state index >= 15 is 0 Å². The first kappa shape index (κ1) is 16.3. The number of hydrogen-bond acceptors (Lipinski definition) is 6. The van der Waals surface area contributed by atoms with Crippen LogP contribution in [0.4, 0.5) is 11.4 Å². The second kappa shape index (κ2) is 5.69. The third-order valence-electron chi connectivity index (χ3n) is 5.49. The molecule has 0 unspecified atom stereocenters. The van der Waals surface area contributed by atoms with Gasteiger partial charge in [-0.15, -0.1) is 0 Å². The average Bonchev–Trinajstić information content (AvgIpc) is 3.19. The fourth-order valence-corrected chi connectivity index (χ4v) is 5.49. The number of nitro groups is 1. The van der Waals surface area contributed by atoms with Gasteiger partial charge in [0, 0.05) is 5.92 Å². The van der Waals surface area contributed by atoms with Crippen molar-refractivity contribution in [2.24, 2.45) is 23.7 Å². The van der Waals surface area contributed by atoms with Crippen LogP contribution < -0.4 is 10.1 Å². The zero-order chi connectivity index (χ0) is 17.9. The van der Waals surface area contributed by atoms with E-state index in [2.05, 4.69) is 21.2 Å². The van der Waals surface area contributed by atoms with Crippen LogP contribution in [0.3, 0.4) is 0 Å². The largest absolute Gasteiger partial charge is 0.496 e. The first-order valence-electron chi connectivity index (χ1n) is 7.90. The van der Waals surface area contributed by atoms with Crippen LogP contribution in [0.1, 0.15) is 6.42 Å². The van der Waals surface area contributed by atoms with Gasteiger partial charge in [0.1, 0.15) is 17.5 Å². The molecule has 8 nitrogen and oxygen atoms in total. The average molecular weight is 411 g/mol. The number of nitrogens with one attached hydrogen (secondary N) is 1. The zero-order valence-corrected chi connectivity index (χ0v) is 14.8. The van der Waals surface area contributed by atoms with Gasteiger partial charge in [-0.05, 0) is 24.5 Å². The summed E-state index contributed by atoms with van der Waals surface area (Å²) in [5, 5.41) is 13.9. The molecule has 0 radical (unpaired) electrons. The molecule has 25 heavy (non-hydrogen) atoms. The molecule has 3 fully saturated rings. The normalized spacial score (nSPS) is 34.7. The van der Waals surface area contributed by atoms with Crippen LogP contribution in [0.15, 0.2) is 18.2 Å². The lowest BCUT2D eigenvalue weighted by Gasteiger charge is -2.27. The van der Waals surface area contributed by atoms with Crippen molar-refractivity contribution < 1.29 is 24.0 Å². The molecule has 1 heterocycles. The molecule has 2 bridgehead atoms. The monoisotopic (exact) mass is 410 g/mol. The minimum Gasteiger partial charge on any atom is -0.496 e. The van der Waals surface area contributed by atoms with Crippen molar-refractivity contribution in [2.45, 2.75) is 17.4 Å². The lowest BCUT2D eigenvalue weighted by molar-refractivity contribution is -0.384. The quantitative estimate of drug-likeness (QED) is 0.352. The number of anilines is 1. The Labute approximate surface area is 151 Å². The molecule has 1 aliphatic heterocycles. The highest BCUT2D eigenvalue weighted by molar-refractivity contribution is 9.09. The van der Waals surface area contributed by atoms with E-state index in [1.165, 1.54) is 25.3 Å². The third kappa shape index (κ3) is 2.32. The summed E-state index contributed by atoms with van der Waals surface area (Å²) in [7, 11) is 1.41. The van der Waals surface area contributed by atoms with E-state index in [-0.39, 0.29) is 46.0 Å². The van der Waals surface area contributed by atoms with Gasteiger partial charge in [-0.1, -0.05) is 15.9 Å². The van der Waals surface area contributed by atoms with Crippen LogP contribution in [-0.2, 0) is 14.3 Å². The minimum absolute atomic E-state index is 0.0104. The number of benzene rings is 1. The highest BCUT2D eigenvalue weighted by Crippen LogP contribution is 2.60. The van der Waals surface area contributed by atoms with Crippen LogP contribution in [0.5, 0.6) is 5.75 Å². The fourth-order valence-electron chi connectivity index (χ4n) is 4.44. The van der Waals surface area contributed by atoms with Gasteiger partial charge in [-0.25, -0.2) is 0 Å². The van der Waals surface area contributed by atoms with Crippen LogP contribution in [0, 0.1) is 33.8 Å². The van der Waals surface area contributed by atoms with Gasteiger partial charge in [-0.2, -0.15) is 0 Å². The zero-order valence-electron chi connectivity index (χ0n) is 13.2. The Kier molecular flexibility index (Phi) is 3.71. The van der Waals surface area contributed by atoms with E-state index in [0.29, 0.717) is 5.75 Å². The van der Waals surface area contributed by atoms with Gasteiger partial charge in [0.25, 0.3) is 5.69 Å². The maximum absolute atomic E-state index is 12.8. The summed E-state index contributed by atoms with van der Waals surface area (Å²) in [5.41, 5.74) is -0.161. The number of ether oxygens (including phenoxy) is 2. The Hall–Kier alpha value is -2.16. The van der Waals surface area contributed by atoms with Crippen LogP contribution in [-0.4, -0.2) is 34.8 Å². The van der Waals surface area contributed by atoms with Crippen molar-refractivity contribution in [1.29, 1.82) is 0 Å². The molecule has 1 aromatic carbocycles. The summed E-state index contributed by atoms with van der Waals surface area (Å²) < 4.78 is 10.4. The topological polar surface area (TPSA) is 108 Å². The summed E-state index contributed by atoms with van der Waals surface area (Å²) in [5.74, 6) is -1.36. The number of esters is 1. The third-order valence-corrected chi connectivity index (χ3v) is 6.69. The number of halogens is 1. The number of fused-ring (bicyclic) bond motifs is 1. The molecule has 6 atom stereocenters. The van der Waals surface area contributed by atoms with Gasteiger partial charge >= 0.3 is 5.97 Å². The molecule has 9 heteroatoms. The lowest BCUT2D eigenvalue weighted by atomic mass is 9.79. The molecule has 2 saturated carbocycles. The first-order chi connectivity index (χ1) is 11.9. The highest BCUT2D eigenvalue weighted by Gasteiger charge is 2.67. The van der Waals surface area contributed by atoms with Crippen molar-refractivity contribution in [3.8, 4) is 5.75 Å². The first-order valence-corrected chi connectivity index (χ1v) is 8.81. The molecule has 1 saturated heterocycles. The summed E-state index contributed by atoms with van der Waals surface area (Å²) in [6.07, 6.45) is 0.585. The van der Waals surface area contributed by atoms with Gasteiger partial charge in [-0.3, -0.25) is 19.7 Å². The molecule has 4 rings (SSSR count). The molecular formula is C16H15BrN2O6. The Morgan fingerprint density at radius 2 is 2.20 bits per heavy atom. The molecule has 1 amide bonds. The molecule has 1 aromatic rings. The van der Waals surface area contributed by atoms with Crippen molar-refractivity contribution in [3.05, 3.63) is 28.3 Å². The van der Waals surface area contributed by atoms with Crippen molar-refractivity contribution in [1.82, 2.24) is 0 Å². The number of carbonyl (C=O) groups excluding carboxylic acids is 2. The fraction of sp³-hybridized carbons (Fsp3) is 0.500. The van der Waals surface area contributed by atoms with Gasteiger partial charge in [0.2, 0.25) is 5.91 Å². The van der Waals surface area contributed by atoms with Gasteiger partial charge in [0.05, 0.1) is 34.8 Å². The number of methoxy groups -OCH3 is 1. The van der Waals surface area contributed by atoms with E-state index in [4.69, 9.17) is 9.47 Å². The standard InChI is InChI=1S/C16H15BrN2O6/c1-24-6-2-3-9(10(4-6)19(22)23)18-15(20)11-7-5-8-12(11)16(21)25-14(8)13(7)17/h2-4,7-8,11-14H,5H2,1H3,(H,18,20)/t7-,8-,11-,12-,13-,14+/m1/s1. The summed E-state index contributed by atoms with van der Waals surface area (Å²) >= 11 is 3.54. The number of nitro benzene ring substituents is 1. The summed E-state index contributed by atoms with van der Waals surface area (Å²) in [4.78, 5) is 35.6. The van der Waals surface area contributed by atoms with Crippen molar-refractivity contribution in [3.63, 3.8) is 0 Å². The second-order valence-electron chi connectivity index (χ2n) is 6.59. The van der Waals surface area contributed by atoms with Gasteiger partial charge < -0.3 is 14.8 Å². The van der Waals surface area contributed by atoms with Gasteiger partial charge in [0.15, 0.2) is 0 Å². The SMILES string of the molecule is COc1ccc(NC(=O)[C@@H]2[C@H]3C[C@H]4[C@H](OC(=O)[C@H]42)[C@@H]3Br)c([N+](=O)[O-])c1. The second-order valence-corrected chi connectivity index (χ2v) is 7.65. The Morgan fingerprint density at radius 3 is 2.88 bits per heavy atom. The van der Waals surface area contributed by atoms with Crippen LogP contribution >= 0.6 is 15.9 Å². The number of nitrogens with zero attached hydrogens (tertiary/aromatic N) is 1. The van der Waals surface area contributed by atoms with Crippen LogP contribution in [0.2, 0.25) is 0 Å². The summed E-state index contributed by atoms with van der Waals surface area (Å²) in [6.45, 7) is 0. The van der Waals surface area contributed by atoms with E-state index in [1.54, 1.807) is 0 Å². The number of rotatable bonds is 4. The predicted octanol–water partition coefficient (Wildman–Crippen LogP) is 2.11. The van der Waals surface area contributed by atoms with Crippen molar-refractivity contribution >= 4 is 39.2 Å². The van der Waals surface area contributed by atoms with Crippen molar-refractivity contribution in [2.75, 3.05) is 12.4 Å². The Morgan fingerprint density at radius 1 is 1.44 bits per heavy atom. The minimum atomic E-state index is -0.577. The smallest absolute Gasteiger partial charge is 0.310 e. The highest BCUT2D eigenvalue weighted by atomic mass is 79.9. The lowest BCUT2D eigenvalue weighted by Crippen LogP contribution is -2.40. The van der Waals surface area contributed by atoms with E-state index in [1.807, 2.05) is 0 Å². The molecule has 0 spiro atoms. The van der Waals surface area contributed by atoms with Crippen LogP contribution in [0.25, 0.3) is 0 Å².